The Labute approximate surface area is 147 Å². The second-order valence-electron chi connectivity index (χ2n) is 7.03. The van der Waals surface area contributed by atoms with E-state index >= 15 is 0 Å². The first-order valence-electron chi connectivity index (χ1n) is 8.79. The molecule has 25 heavy (non-hydrogen) atoms. The summed E-state index contributed by atoms with van der Waals surface area (Å²) in [5.41, 5.74) is 1.24. The molecule has 0 saturated carbocycles. The summed E-state index contributed by atoms with van der Waals surface area (Å²) in [4.78, 5) is 4.56. The van der Waals surface area contributed by atoms with Crippen LogP contribution in [0.5, 0.6) is 5.75 Å². The van der Waals surface area contributed by atoms with Crippen molar-refractivity contribution in [1.29, 1.82) is 0 Å². The van der Waals surface area contributed by atoms with Crippen molar-refractivity contribution in [3.8, 4) is 5.75 Å². The first-order valence-corrected chi connectivity index (χ1v) is 8.79. The zero-order valence-corrected chi connectivity index (χ0v) is 14.8. The van der Waals surface area contributed by atoms with Crippen LogP contribution < -0.4 is 4.74 Å². The van der Waals surface area contributed by atoms with Crippen LogP contribution >= 0.6 is 0 Å². The molecule has 0 amide bonds. The molecule has 134 valence electrons. The predicted octanol–water partition coefficient (Wildman–Crippen LogP) is 1.04. The number of rotatable bonds is 4. The van der Waals surface area contributed by atoms with Crippen LogP contribution in [0.2, 0.25) is 0 Å². The lowest BCUT2D eigenvalue weighted by Gasteiger charge is -2.29. The molecule has 1 saturated heterocycles. The van der Waals surface area contributed by atoms with Gasteiger partial charge in [-0.2, -0.15) is 0 Å². The minimum atomic E-state index is -0.267. The lowest BCUT2D eigenvalue weighted by Crippen LogP contribution is -2.34. The normalized spacial score (nSPS) is 24.4. The van der Waals surface area contributed by atoms with Gasteiger partial charge in [0.25, 0.3) is 0 Å². The number of likely N-dealkylation sites (tertiary alicyclic amines) is 1. The van der Waals surface area contributed by atoms with Crippen LogP contribution in [0.1, 0.15) is 29.7 Å². The SMILES string of the molecule is COc1cccc(CN2CCn3c(nnc3[C@@H]3C[C@@H](O)CN3C)C2)c1. The molecule has 2 aliphatic rings. The van der Waals surface area contributed by atoms with Crippen molar-refractivity contribution in [2.45, 2.75) is 38.2 Å². The molecule has 3 heterocycles. The standard InChI is InChI=1S/C18H25N5O2/c1-21-11-14(24)9-16(21)18-20-19-17-12-22(6-7-23(17)18)10-13-4-3-5-15(8-13)25-2/h3-5,8,14,16,24H,6-7,9-12H2,1-2H3/t14-,16+/m1/s1. The molecule has 2 aromatic rings. The molecule has 1 N–H and O–H groups in total. The highest BCUT2D eigenvalue weighted by Gasteiger charge is 2.34. The maximum absolute atomic E-state index is 9.90. The predicted molar refractivity (Wildman–Crippen MR) is 93.1 cm³/mol. The molecule has 1 aromatic carbocycles. The molecule has 7 nitrogen and oxygen atoms in total. The number of aromatic nitrogens is 3. The molecule has 0 spiro atoms. The average molecular weight is 343 g/mol. The van der Waals surface area contributed by atoms with E-state index in [0.29, 0.717) is 6.54 Å². The molecule has 0 radical (unpaired) electrons. The van der Waals surface area contributed by atoms with E-state index in [0.717, 1.165) is 50.0 Å². The number of ether oxygens (including phenoxy) is 1. The van der Waals surface area contributed by atoms with Gasteiger partial charge < -0.3 is 14.4 Å². The molecule has 1 aromatic heterocycles. The van der Waals surface area contributed by atoms with Crippen LogP contribution in [-0.4, -0.2) is 63.0 Å². The van der Waals surface area contributed by atoms with Gasteiger partial charge in [-0.15, -0.1) is 10.2 Å². The van der Waals surface area contributed by atoms with Crippen molar-refractivity contribution >= 4 is 0 Å². The number of nitrogens with zero attached hydrogens (tertiary/aromatic N) is 5. The van der Waals surface area contributed by atoms with E-state index in [-0.39, 0.29) is 12.1 Å². The Kier molecular flexibility index (Phi) is 4.45. The van der Waals surface area contributed by atoms with Crippen LogP contribution in [0.4, 0.5) is 0 Å². The van der Waals surface area contributed by atoms with Crippen LogP contribution in [0.3, 0.4) is 0 Å². The summed E-state index contributed by atoms with van der Waals surface area (Å²) in [7, 11) is 3.74. The Balaban J connectivity index is 1.47. The molecule has 0 bridgehead atoms. The number of benzene rings is 1. The van der Waals surface area contributed by atoms with Crippen molar-refractivity contribution in [2.75, 3.05) is 27.2 Å². The van der Waals surface area contributed by atoms with Gasteiger partial charge in [0.1, 0.15) is 11.6 Å². The number of methoxy groups -OCH3 is 1. The Hall–Kier alpha value is -1.96. The lowest BCUT2D eigenvalue weighted by atomic mass is 10.1. The number of hydrogen-bond donors (Lipinski definition) is 1. The minimum Gasteiger partial charge on any atom is -0.497 e. The van der Waals surface area contributed by atoms with E-state index in [9.17, 15) is 5.11 Å². The first kappa shape index (κ1) is 16.5. The molecular weight excluding hydrogens is 318 g/mol. The van der Waals surface area contributed by atoms with Crippen LogP contribution in [0.25, 0.3) is 0 Å². The van der Waals surface area contributed by atoms with Gasteiger partial charge >= 0.3 is 0 Å². The van der Waals surface area contributed by atoms with E-state index in [1.165, 1.54) is 5.56 Å². The summed E-state index contributed by atoms with van der Waals surface area (Å²) in [5.74, 6) is 2.90. The van der Waals surface area contributed by atoms with Gasteiger partial charge in [0.05, 0.1) is 25.8 Å². The van der Waals surface area contributed by atoms with Gasteiger partial charge in [0.15, 0.2) is 5.82 Å². The number of aliphatic hydroxyl groups is 1. The Morgan fingerprint density at radius 2 is 2.16 bits per heavy atom. The molecule has 0 aliphatic carbocycles. The average Bonchev–Trinajstić information content (AvgIpc) is 3.17. The summed E-state index contributed by atoms with van der Waals surface area (Å²) in [6.07, 6.45) is 0.471. The number of hydrogen-bond acceptors (Lipinski definition) is 6. The summed E-state index contributed by atoms with van der Waals surface area (Å²) in [6, 6.07) is 8.37. The number of fused-ring (bicyclic) bond motifs is 1. The largest absolute Gasteiger partial charge is 0.497 e. The van der Waals surface area contributed by atoms with Crippen LogP contribution in [0, 0.1) is 0 Å². The highest BCUT2D eigenvalue weighted by molar-refractivity contribution is 5.28. The van der Waals surface area contributed by atoms with Gasteiger partial charge in [-0.3, -0.25) is 9.80 Å². The van der Waals surface area contributed by atoms with Gasteiger partial charge in [-0.25, -0.2) is 0 Å². The maximum Gasteiger partial charge on any atom is 0.150 e. The fraction of sp³-hybridized carbons (Fsp3) is 0.556. The monoisotopic (exact) mass is 343 g/mol. The Bertz CT molecular complexity index is 747. The highest BCUT2D eigenvalue weighted by atomic mass is 16.5. The van der Waals surface area contributed by atoms with Crippen molar-refractivity contribution in [3.63, 3.8) is 0 Å². The van der Waals surface area contributed by atoms with Crippen molar-refractivity contribution in [1.82, 2.24) is 24.6 Å². The van der Waals surface area contributed by atoms with E-state index in [1.807, 2.05) is 19.2 Å². The lowest BCUT2D eigenvalue weighted by molar-refractivity contribution is 0.182. The maximum atomic E-state index is 9.90. The summed E-state index contributed by atoms with van der Waals surface area (Å²) < 4.78 is 7.55. The number of β-amino-alcohol motifs (C(OH)–C–C–N with tert-alkyl or cyclic N) is 1. The summed E-state index contributed by atoms with van der Waals surface area (Å²) >= 11 is 0. The minimum absolute atomic E-state index is 0.168. The fourth-order valence-corrected chi connectivity index (χ4v) is 3.92. The molecule has 0 unspecified atom stereocenters. The van der Waals surface area contributed by atoms with E-state index in [2.05, 4.69) is 36.7 Å². The van der Waals surface area contributed by atoms with E-state index < -0.39 is 0 Å². The second-order valence-corrected chi connectivity index (χ2v) is 7.03. The molecule has 2 aliphatic heterocycles. The molecule has 2 atom stereocenters. The van der Waals surface area contributed by atoms with E-state index in [4.69, 9.17) is 4.74 Å². The van der Waals surface area contributed by atoms with Crippen molar-refractivity contribution < 1.29 is 9.84 Å². The third-order valence-corrected chi connectivity index (χ3v) is 5.23. The smallest absolute Gasteiger partial charge is 0.150 e. The number of likely N-dealkylation sites (N-methyl/N-ethyl adjacent to an activating group) is 1. The Morgan fingerprint density at radius 3 is 2.92 bits per heavy atom. The molecule has 1 fully saturated rings. The fourth-order valence-electron chi connectivity index (χ4n) is 3.92. The van der Waals surface area contributed by atoms with Crippen LogP contribution in [-0.2, 0) is 19.6 Å². The van der Waals surface area contributed by atoms with Gasteiger partial charge in [-0.05, 0) is 31.2 Å². The van der Waals surface area contributed by atoms with Crippen LogP contribution in [0.15, 0.2) is 24.3 Å². The van der Waals surface area contributed by atoms with E-state index in [1.54, 1.807) is 7.11 Å². The zero-order valence-electron chi connectivity index (χ0n) is 14.8. The summed E-state index contributed by atoms with van der Waals surface area (Å²) in [6.45, 7) is 4.23. The van der Waals surface area contributed by atoms with Crippen molar-refractivity contribution in [3.05, 3.63) is 41.5 Å². The first-order chi connectivity index (χ1) is 12.1. The number of aliphatic hydroxyl groups excluding tert-OH is 1. The van der Waals surface area contributed by atoms with Crippen molar-refractivity contribution in [2.24, 2.45) is 0 Å². The highest BCUT2D eigenvalue weighted by Crippen LogP contribution is 2.31. The van der Waals surface area contributed by atoms with Gasteiger partial charge in [0, 0.05) is 26.2 Å². The summed E-state index contributed by atoms with van der Waals surface area (Å²) in [5, 5.41) is 18.8. The quantitative estimate of drug-likeness (QED) is 0.895. The third kappa shape index (κ3) is 3.27. The molecular formula is C18H25N5O2. The molecule has 7 heteroatoms. The van der Waals surface area contributed by atoms with Gasteiger partial charge in [-0.1, -0.05) is 12.1 Å². The molecule has 4 rings (SSSR count). The topological polar surface area (TPSA) is 66.6 Å². The zero-order chi connectivity index (χ0) is 17.4. The third-order valence-electron chi connectivity index (χ3n) is 5.23. The van der Waals surface area contributed by atoms with Gasteiger partial charge in [0.2, 0.25) is 0 Å². The second kappa shape index (κ2) is 6.74. The Morgan fingerprint density at radius 1 is 1.28 bits per heavy atom.